The van der Waals surface area contributed by atoms with Gasteiger partial charge >= 0.3 is 0 Å². The summed E-state index contributed by atoms with van der Waals surface area (Å²) in [5, 5.41) is 9.75. The molecule has 3 aromatic rings. The highest BCUT2D eigenvalue weighted by atomic mass is 35.5. The van der Waals surface area contributed by atoms with Gasteiger partial charge in [-0.3, -0.25) is 9.59 Å². The van der Waals surface area contributed by atoms with Crippen LogP contribution in [0.5, 0.6) is 0 Å². The molecule has 0 atom stereocenters. The predicted molar refractivity (Wildman–Crippen MR) is 97.2 cm³/mol. The molecule has 2 N–H and O–H groups in total. The molecular weight excluding hydrogens is 359 g/mol. The van der Waals surface area contributed by atoms with Crippen molar-refractivity contribution in [1.29, 1.82) is 0 Å². The lowest BCUT2D eigenvalue weighted by Crippen LogP contribution is -2.12. The Morgan fingerprint density at radius 3 is 2.54 bits per heavy atom. The molecule has 1 heterocycles. The Hall–Kier alpha value is -3.19. The van der Waals surface area contributed by atoms with Gasteiger partial charge in [0.05, 0.1) is 23.1 Å². The second-order valence-corrected chi connectivity index (χ2v) is 5.92. The maximum Gasteiger partial charge on any atom is 0.258 e. The zero-order valence-corrected chi connectivity index (χ0v) is 14.4. The van der Waals surface area contributed by atoms with E-state index in [1.165, 1.54) is 25.3 Å². The molecule has 2 amide bonds. The number of nitrogens with one attached hydrogen (secondary N) is 2. The minimum absolute atomic E-state index is 0.00726. The SMILES string of the molecule is CC(=O)Nc1cc(NC(=O)c2cnn(-c3ccc(Cl)cc3)c2)ccc1F. The average molecular weight is 373 g/mol. The summed E-state index contributed by atoms with van der Waals surface area (Å²) in [5.41, 5.74) is 1.42. The van der Waals surface area contributed by atoms with Crippen LogP contribution in [0.25, 0.3) is 5.69 Å². The first kappa shape index (κ1) is 17.6. The van der Waals surface area contributed by atoms with Gasteiger partial charge in [0.15, 0.2) is 0 Å². The molecule has 0 aliphatic carbocycles. The molecule has 6 nitrogen and oxygen atoms in total. The Kier molecular flexibility index (Phi) is 4.99. The summed E-state index contributed by atoms with van der Waals surface area (Å²) >= 11 is 5.85. The summed E-state index contributed by atoms with van der Waals surface area (Å²) < 4.78 is 15.2. The summed E-state index contributed by atoms with van der Waals surface area (Å²) in [6, 6.07) is 10.9. The first-order chi connectivity index (χ1) is 12.4. The first-order valence-electron chi connectivity index (χ1n) is 7.61. The third-order valence-electron chi connectivity index (χ3n) is 3.47. The molecule has 0 saturated heterocycles. The van der Waals surface area contributed by atoms with E-state index in [1.54, 1.807) is 35.1 Å². The summed E-state index contributed by atoms with van der Waals surface area (Å²) in [6.45, 7) is 1.27. The molecule has 0 radical (unpaired) electrons. The van der Waals surface area contributed by atoms with Gasteiger partial charge in [-0.25, -0.2) is 9.07 Å². The molecule has 26 heavy (non-hydrogen) atoms. The van der Waals surface area contributed by atoms with Crippen LogP contribution in [0.1, 0.15) is 17.3 Å². The molecule has 0 bridgehead atoms. The number of halogens is 2. The maximum absolute atomic E-state index is 13.7. The number of rotatable bonds is 4. The second kappa shape index (κ2) is 7.37. The lowest BCUT2D eigenvalue weighted by atomic mass is 10.2. The van der Waals surface area contributed by atoms with E-state index in [9.17, 15) is 14.0 Å². The van der Waals surface area contributed by atoms with Gasteiger partial charge in [-0.05, 0) is 42.5 Å². The van der Waals surface area contributed by atoms with Gasteiger partial charge in [-0.2, -0.15) is 5.10 Å². The minimum atomic E-state index is -0.589. The van der Waals surface area contributed by atoms with Crippen molar-refractivity contribution >= 4 is 34.8 Å². The highest BCUT2D eigenvalue weighted by Crippen LogP contribution is 2.20. The van der Waals surface area contributed by atoms with E-state index in [2.05, 4.69) is 15.7 Å². The predicted octanol–water partition coefficient (Wildman–Crippen LogP) is 3.88. The molecule has 0 spiro atoms. The van der Waals surface area contributed by atoms with Gasteiger partial charge in [0.1, 0.15) is 5.82 Å². The molecule has 2 aromatic carbocycles. The number of aromatic nitrogens is 2. The van der Waals surface area contributed by atoms with E-state index in [0.29, 0.717) is 16.3 Å². The number of hydrogen-bond donors (Lipinski definition) is 2. The van der Waals surface area contributed by atoms with Crippen LogP contribution in [0.4, 0.5) is 15.8 Å². The van der Waals surface area contributed by atoms with Crippen LogP contribution in [-0.4, -0.2) is 21.6 Å². The Morgan fingerprint density at radius 2 is 1.85 bits per heavy atom. The van der Waals surface area contributed by atoms with Crippen LogP contribution in [-0.2, 0) is 4.79 Å². The molecule has 1 aromatic heterocycles. The van der Waals surface area contributed by atoms with Crippen molar-refractivity contribution in [2.24, 2.45) is 0 Å². The van der Waals surface area contributed by atoms with Gasteiger partial charge in [0.25, 0.3) is 5.91 Å². The fraction of sp³-hybridized carbons (Fsp3) is 0.0556. The Labute approximate surface area is 153 Å². The minimum Gasteiger partial charge on any atom is -0.324 e. The Bertz CT molecular complexity index is 970. The van der Waals surface area contributed by atoms with Crippen LogP contribution in [0, 0.1) is 5.82 Å². The molecule has 8 heteroatoms. The van der Waals surface area contributed by atoms with Gasteiger partial charge in [0, 0.05) is 23.8 Å². The van der Waals surface area contributed by atoms with Gasteiger partial charge in [0.2, 0.25) is 5.91 Å². The van der Waals surface area contributed by atoms with E-state index in [4.69, 9.17) is 11.6 Å². The van der Waals surface area contributed by atoms with E-state index in [0.717, 1.165) is 11.8 Å². The maximum atomic E-state index is 13.7. The quantitative estimate of drug-likeness (QED) is 0.729. The molecule has 0 saturated carbocycles. The lowest BCUT2D eigenvalue weighted by molar-refractivity contribution is -0.114. The monoisotopic (exact) mass is 372 g/mol. The molecule has 0 unspecified atom stereocenters. The number of nitrogens with zero attached hydrogens (tertiary/aromatic N) is 2. The highest BCUT2D eigenvalue weighted by molar-refractivity contribution is 6.30. The van der Waals surface area contributed by atoms with Gasteiger partial charge in [-0.1, -0.05) is 11.6 Å². The van der Waals surface area contributed by atoms with Crippen molar-refractivity contribution in [2.45, 2.75) is 6.92 Å². The summed E-state index contributed by atoms with van der Waals surface area (Å²) in [6.07, 6.45) is 2.99. The Morgan fingerprint density at radius 1 is 1.12 bits per heavy atom. The normalized spacial score (nSPS) is 10.4. The first-order valence-corrected chi connectivity index (χ1v) is 7.99. The smallest absolute Gasteiger partial charge is 0.258 e. The topological polar surface area (TPSA) is 76.0 Å². The largest absolute Gasteiger partial charge is 0.324 e. The van der Waals surface area contributed by atoms with E-state index in [-0.39, 0.29) is 5.69 Å². The number of carbonyl (C=O) groups is 2. The van der Waals surface area contributed by atoms with E-state index >= 15 is 0 Å². The number of anilines is 2. The molecular formula is C18H14ClFN4O2. The van der Waals surface area contributed by atoms with Gasteiger partial charge in [-0.15, -0.1) is 0 Å². The fourth-order valence-electron chi connectivity index (χ4n) is 2.27. The Balaban J connectivity index is 1.76. The summed E-state index contributed by atoms with van der Waals surface area (Å²) in [7, 11) is 0. The number of amides is 2. The third kappa shape index (κ3) is 4.07. The van der Waals surface area contributed by atoms with Crippen LogP contribution < -0.4 is 10.6 Å². The van der Waals surface area contributed by atoms with Crippen molar-refractivity contribution in [2.75, 3.05) is 10.6 Å². The number of carbonyl (C=O) groups excluding carboxylic acids is 2. The van der Waals surface area contributed by atoms with Crippen LogP contribution in [0.15, 0.2) is 54.9 Å². The summed E-state index contributed by atoms with van der Waals surface area (Å²) in [4.78, 5) is 23.5. The molecule has 0 aliphatic rings. The molecule has 0 aliphatic heterocycles. The number of hydrogen-bond acceptors (Lipinski definition) is 3. The second-order valence-electron chi connectivity index (χ2n) is 5.48. The fourth-order valence-corrected chi connectivity index (χ4v) is 2.39. The van der Waals surface area contributed by atoms with Crippen molar-refractivity contribution < 1.29 is 14.0 Å². The van der Waals surface area contributed by atoms with E-state index < -0.39 is 17.6 Å². The van der Waals surface area contributed by atoms with Gasteiger partial charge < -0.3 is 10.6 Å². The molecule has 0 fully saturated rings. The van der Waals surface area contributed by atoms with Crippen molar-refractivity contribution in [3.8, 4) is 5.69 Å². The average Bonchev–Trinajstić information content (AvgIpc) is 3.08. The van der Waals surface area contributed by atoms with Crippen LogP contribution in [0.3, 0.4) is 0 Å². The van der Waals surface area contributed by atoms with Crippen molar-refractivity contribution in [3.63, 3.8) is 0 Å². The molecule has 132 valence electrons. The third-order valence-corrected chi connectivity index (χ3v) is 3.72. The van der Waals surface area contributed by atoms with Crippen LogP contribution >= 0.6 is 11.6 Å². The summed E-state index contributed by atoms with van der Waals surface area (Å²) in [5.74, 6) is -1.41. The highest BCUT2D eigenvalue weighted by Gasteiger charge is 2.12. The van der Waals surface area contributed by atoms with E-state index in [1.807, 2.05) is 0 Å². The lowest BCUT2D eigenvalue weighted by Gasteiger charge is -2.08. The zero-order valence-electron chi connectivity index (χ0n) is 13.7. The number of benzene rings is 2. The van der Waals surface area contributed by atoms with Crippen molar-refractivity contribution in [1.82, 2.24) is 9.78 Å². The zero-order chi connectivity index (χ0) is 18.7. The van der Waals surface area contributed by atoms with Crippen LogP contribution in [0.2, 0.25) is 5.02 Å². The standard InChI is InChI=1S/C18H14ClFN4O2/c1-11(25)22-17-8-14(4-7-16(17)20)23-18(26)12-9-21-24(10-12)15-5-2-13(19)3-6-15/h2-10H,1H3,(H,22,25)(H,23,26). The molecule has 3 rings (SSSR count). The van der Waals surface area contributed by atoms with Crippen molar-refractivity contribution in [3.05, 3.63) is 71.3 Å².